The Morgan fingerprint density at radius 2 is 1.73 bits per heavy atom. The van der Waals surface area contributed by atoms with Crippen molar-refractivity contribution in [3.8, 4) is 0 Å². The Kier molecular flexibility index (Phi) is 8.77. The fourth-order valence-corrected chi connectivity index (χ4v) is 1.48. The van der Waals surface area contributed by atoms with Gasteiger partial charge in [-0.3, -0.25) is 9.79 Å². The minimum atomic E-state index is -4.32. The van der Waals surface area contributed by atoms with Gasteiger partial charge < -0.3 is 4.52 Å². The molecule has 5 heteroatoms. The average molecular weight is 236 g/mol. The summed E-state index contributed by atoms with van der Waals surface area (Å²) in [5, 5.41) is 0. The van der Waals surface area contributed by atoms with Gasteiger partial charge in [0.05, 0.1) is 6.26 Å². The van der Waals surface area contributed by atoms with Crippen LogP contribution in [-0.4, -0.2) is 9.79 Å². The number of hydrogen-bond donors (Lipinski definition) is 2. The molecular formula is C10H21O4P. The zero-order chi connectivity index (χ0) is 11.6. The zero-order valence-electron chi connectivity index (χ0n) is 9.26. The van der Waals surface area contributed by atoms with Crippen molar-refractivity contribution in [3.63, 3.8) is 0 Å². The molecule has 0 aromatic carbocycles. The van der Waals surface area contributed by atoms with Crippen LogP contribution in [-0.2, 0) is 9.09 Å². The van der Waals surface area contributed by atoms with Crippen LogP contribution in [0.15, 0.2) is 12.3 Å². The quantitative estimate of drug-likeness (QED) is 0.366. The standard InChI is InChI=1S/C10H21O4P/c1-2-3-4-5-6-7-8-9-10-14-15(11,12)13/h9-10H,2-8H2,1H3,(H2,11,12,13). The lowest BCUT2D eigenvalue weighted by atomic mass is 10.1. The average Bonchev–Trinajstić information content (AvgIpc) is 2.14. The molecule has 0 aromatic rings. The predicted molar refractivity (Wildman–Crippen MR) is 60.3 cm³/mol. The number of phosphoric ester groups is 1. The van der Waals surface area contributed by atoms with Gasteiger partial charge in [-0.25, -0.2) is 4.57 Å². The van der Waals surface area contributed by atoms with Crippen molar-refractivity contribution in [1.29, 1.82) is 0 Å². The molecule has 2 N–H and O–H groups in total. The number of hydrogen-bond acceptors (Lipinski definition) is 2. The molecule has 0 aromatic heterocycles. The van der Waals surface area contributed by atoms with Gasteiger partial charge in [0, 0.05) is 0 Å². The van der Waals surface area contributed by atoms with E-state index in [4.69, 9.17) is 9.79 Å². The van der Waals surface area contributed by atoms with E-state index in [1.54, 1.807) is 6.08 Å². The van der Waals surface area contributed by atoms with Gasteiger partial charge in [-0.15, -0.1) is 0 Å². The van der Waals surface area contributed by atoms with Crippen LogP contribution in [0.25, 0.3) is 0 Å². The molecule has 15 heavy (non-hydrogen) atoms. The Morgan fingerprint density at radius 1 is 1.13 bits per heavy atom. The molecule has 0 fully saturated rings. The topological polar surface area (TPSA) is 66.8 Å². The molecule has 0 aliphatic carbocycles. The molecule has 0 radical (unpaired) electrons. The van der Waals surface area contributed by atoms with Crippen LogP contribution in [0.2, 0.25) is 0 Å². The summed E-state index contributed by atoms with van der Waals surface area (Å²) in [6.07, 6.45) is 10.8. The van der Waals surface area contributed by atoms with E-state index in [9.17, 15) is 4.57 Å². The van der Waals surface area contributed by atoms with Crippen molar-refractivity contribution in [1.82, 2.24) is 0 Å². The summed E-state index contributed by atoms with van der Waals surface area (Å²) in [5.41, 5.74) is 0. The maximum absolute atomic E-state index is 10.3. The summed E-state index contributed by atoms with van der Waals surface area (Å²) in [7, 11) is -4.32. The molecule has 0 atom stereocenters. The van der Waals surface area contributed by atoms with E-state index in [0.29, 0.717) is 0 Å². The molecule has 90 valence electrons. The van der Waals surface area contributed by atoms with Crippen molar-refractivity contribution >= 4 is 7.82 Å². The maximum Gasteiger partial charge on any atom is 0.524 e. The summed E-state index contributed by atoms with van der Waals surface area (Å²) in [5.74, 6) is 0. The summed E-state index contributed by atoms with van der Waals surface area (Å²) < 4.78 is 14.4. The third kappa shape index (κ3) is 13.7. The van der Waals surface area contributed by atoms with Gasteiger partial charge in [-0.1, -0.05) is 39.0 Å². The molecule has 0 aliphatic heterocycles. The first-order chi connectivity index (χ1) is 7.06. The van der Waals surface area contributed by atoms with Crippen LogP contribution >= 0.6 is 7.82 Å². The van der Waals surface area contributed by atoms with Gasteiger partial charge in [0.1, 0.15) is 0 Å². The second kappa shape index (κ2) is 8.96. The Balaban J connectivity index is 3.20. The molecule has 0 aliphatic rings. The van der Waals surface area contributed by atoms with E-state index >= 15 is 0 Å². The molecule has 0 saturated carbocycles. The Bertz CT molecular complexity index is 209. The Morgan fingerprint density at radius 3 is 2.33 bits per heavy atom. The molecule has 0 unspecified atom stereocenters. The van der Waals surface area contributed by atoms with Crippen molar-refractivity contribution in [3.05, 3.63) is 12.3 Å². The monoisotopic (exact) mass is 236 g/mol. The molecule has 0 rings (SSSR count). The van der Waals surface area contributed by atoms with Crippen LogP contribution in [0, 0.1) is 0 Å². The number of allylic oxidation sites excluding steroid dienone is 1. The van der Waals surface area contributed by atoms with E-state index < -0.39 is 7.82 Å². The van der Waals surface area contributed by atoms with Gasteiger partial charge in [0.15, 0.2) is 0 Å². The van der Waals surface area contributed by atoms with Crippen molar-refractivity contribution < 1.29 is 18.9 Å². The lowest BCUT2D eigenvalue weighted by Crippen LogP contribution is -1.79. The smallest absolute Gasteiger partial charge is 0.413 e. The van der Waals surface area contributed by atoms with Gasteiger partial charge >= 0.3 is 7.82 Å². The lowest BCUT2D eigenvalue weighted by Gasteiger charge is -2.00. The van der Waals surface area contributed by atoms with Crippen LogP contribution in [0.3, 0.4) is 0 Å². The van der Waals surface area contributed by atoms with E-state index in [1.807, 2.05) is 0 Å². The second-order valence-corrected chi connectivity index (χ2v) is 4.72. The van der Waals surface area contributed by atoms with Gasteiger partial charge in [-0.05, 0) is 18.9 Å². The fraction of sp³-hybridized carbons (Fsp3) is 0.800. The van der Waals surface area contributed by atoms with E-state index in [2.05, 4.69) is 11.4 Å². The normalized spacial score (nSPS) is 12.2. The van der Waals surface area contributed by atoms with Gasteiger partial charge in [0.2, 0.25) is 0 Å². The van der Waals surface area contributed by atoms with E-state index in [-0.39, 0.29) is 0 Å². The van der Waals surface area contributed by atoms with Crippen LogP contribution in [0.5, 0.6) is 0 Å². The van der Waals surface area contributed by atoms with Gasteiger partial charge in [0.25, 0.3) is 0 Å². The van der Waals surface area contributed by atoms with Crippen LogP contribution < -0.4 is 0 Å². The summed E-state index contributed by atoms with van der Waals surface area (Å²) in [6.45, 7) is 2.18. The third-order valence-electron chi connectivity index (χ3n) is 2.02. The Hall–Kier alpha value is -0.310. The fourth-order valence-electron chi connectivity index (χ4n) is 1.23. The molecule has 0 spiro atoms. The van der Waals surface area contributed by atoms with Crippen LogP contribution in [0.4, 0.5) is 0 Å². The van der Waals surface area contributed by atoms with Crippen LogP contribution in [0.1, 0.15) is 51.9 Å². The SMILES string of the molecule is CCCCCCCCC=COP(=O)(O)O. The largest absolute Gasteiger partial charge is 0.524 e. The summed E-state index contributed by atoms with van der Waals surface area (Å²) >= 11 is 0. The second-order valence-electron chi connectivity index (χ2n) is 3.52. The highest BCUT2D eigenvalue weighted by Crippen LogP contribution is 2.35. The first-order valence-corrected chi connectivity index (χ1v) is 6.98. The first kappa shape index (κ1) is 14.7. The van der Waals surface area contributed by atoms with Crippen molar-refractivity contribution in [2.75, 3.05) is 0 Å². The highest BCUT2D eigenvalue weighted by molar-refractivity contribution is 7.46. The van der Waals surface area contributed by atoms with Crippen molar-refractivity contribution in [2.24, 2.45) is 0 Å². The molecule has 4 nitrogen and oxygen atoms in total. The molecule has 0 amide bonds. The minimum Gasteiger partial charge on any atom is -0.413 e. The molecule has 0 saturated heterocycles. The zero-order valence-corrected chi connectivity index (χ0v) is 10.2. The minimum absolute atomic E-state index is 0.812. The summed E-state index contributed by atoms with van der Waals surface area (Å²) in [6, 6.07) is 0. The van der Waals surface area contributed by atoms with Crippen molar-refractivity contribution in [2.45, 2.75) is 51.9 Å². The highest BCUT2D eigenvalue weighted by atomic mass is 31.2. The number of rotatable bonds is 9. The van der Waals surface area contributed by atoms with Gasteiger partial charge in [-0.2, -0.15) is 0 Å². The number of unbranched alkanes of at least 4 members (excludes halogenated alkanes) is 6. The maximum atomic E-state index is 10.3. The molecule has 0 heterocycles. The Labute approximate surface area is 91.6 Å². The third-order valence-corrected chi connectivity index (χ3v) is 2.42. The predicted octanol–water partition coefficient (Wildman–Crippen LogP) is 3.36. The molecular weight excluding hydrogens is 215 g/mol. The lowest BCUT2D eigenvalue weighted by molar-refractivity contribution is 0.258. The van der Waals surface area contributed by atoms with E-state index in [1.165, 1.54) is 32.1 Å². The number of phosphoric acid groups is 1. The first-order valence-electron chi connectivity index (χ1n) is 5.45. The highest BCUT2D eigenvalue weighted by Gasteiger charge is 2.10. The molecule has 0 bridgehead atoms. The van der Waals surface area contributed by atoms with E-state index in [0.717, 1.165) is 19.1 Å². The summed E-state index contributed by atoms with van der Waals surface area (Å²) in [4.78, 5) is 16.7.